The van der Waals surface area contributed by atoms with Crippen molar-refractivity contribution in [3.8, 4) is 0 Å². The number of urea groups is 1. The fourth-order valence-corrected chi connectivity index (χ4v) is 2.10. The van der Waals surface area contributed by atoms with Gasteiger partial charge in [-0.15, -0.1) is 0 Å². The van der Waals surface area contributed by atoms with E-state index in [1.54, 1.807) is 18.2 Å². The van der Waals surface area contributed by atoms with Gasteiger partial charge < -0.3 is 15.7 Å². The van der Waals surface area contributed by atoms with Crippen molar-refractivity contribution in [1.82, 2.24) is 5.32 Å². The minimum Gasteiger partial charge on any atom is -0.396 e. The Labute approximate surface area is 129 Å². The molecule has 1 aromatic rings. The number of amides is 2. The van der Waals surface area contributed by atoms with Gasteiger partial charge in [-0.1, -0.05) is 44.0 Å². The van der Waals surface area contributed by atoms with E-state index >= 15 is 0 Å². The van der Waals surface area contributed by atoms with Crippen molar-refractivity contribution in [3.63, 3.8) is 0 Å². The Balaban J connectivity index is 2.73. The highest BCUT2D eigenvalue weighted by Gasteiger charge is 2.25. The van der Waals surface area contributed by atoms with Gasteiger partial charge >= 0.3 is 6.03 Å². The van der Waals surface area contributed by atoms with Gasteiger partial charge in [-0.05, 0) is 30.0 Å². The summed E-state index contributed by atoms with van der Waals surface area (Å²) < 4.78 is 0. The van der Waals surface area contributed by atoms with Crippen molar-refractivity contribution >= 4 is 34.9 Å². The molecule has 112 valence electrons. The van der Waals surface area contributed by atoms with Crippen molar-refractivity contribution in [2.45, 2.75) is 33.2 Å². The predicted molar refractivity (Wildman–Crippen MR) is 83.6 cm³/mol. The van der Waals surface area contributed by atoms with Crippen LogP contribution in [-0.4, -0.2) is 23.8 Å². The maximum atomic E-state index is 12.0. The fourth-order valence-electron chi connectivity index (χ4n) is 1.76. The number of benzene rings is 1. The molecule has 0 saturated heterocycles. The predicted octanol–water partition coefficient (Wildman–Crippen LogP) is 3.91. The molecular weight excluding hydrogens is 299 g/mol. The molecule has 0 saturated carbocycles. The Hall–Kier alpha value is -0.970. The highest BCUT2D eigenvalue weighted by atomic mass is 35.5. The third-order valence-corrected chi connectivity index (χ3v) is 3.51. The summed E-state index contributed by atoms with van der Waals surface area (Å²) in [5.74, 6) is 0. The molecule has 1 atom stereocenters. The van der Waals surface area contributed by atoms with Crippen molar-refractivity contribution in [2.24, 2.45) is 5.41 Å². The Kier molecular flexibility index (Phi) is 6.11. The number of aliphatic hydroxyl groups excluding tert-OH is 1. The van der Waals surface area contributed by atoms with Gasteiger partial charge in [0.1, 0.15) is 0 Å². The highest BCUT2D eigenvalue weighted by Crippen LogP contribution is 2.26. The largest absolute Gasteiger partial charge is 0.396 e. The zero-order chi connectivity index (χ0) is 15.3. The van der Waals surface area contributed by atoms with Crippen LogP contribution in [0.5, 0.6) is 0 Å². The molecule has 0 spiro atoms. The van der Waals surface area contributed by atoms with E-state index in [0.29, 0.717) is 22.2 Å². The summed E-state index contributed by atoms with van der Waals surface area (Å²) in [5.41, 5.74) is 0.298. The maximum absolute atomic E-state index is 12.0. The first-order chi connectivity index (χ1) is 9.24. The van der Waals surface area contributed by atoms with Crippen LogP contribution in [-0.2, 0) is 0 Å². The van der Waals surface area contributed by atoms with Crippen LogP contribution in [0.4, 0.5) is 10.5 Å². The number of hydrogen-bond acceptors (Lipinski definition) is 2. The zero-order valence-electron chi connectivity index (χ0n) is 11.8. The SMILES string of the molecule is CC(C)(C)[C@@H](CCO)NC(=O)Nc1cc(Cl)ccc1Cl. The van der Waals surface area contributed by atoms with Crippen LogP contribution in [0, 0.1) is 5.41 Å². The lowest BCUT2D eigenvalue weighted by Crippen LogP contribution is -2.46. The van der Waals surface area contributed by atoms with E-state index in [0.717, 1.165) is 0 Å². The van der Waals surface area contributed by atoms with Crippen molar-refractivity contribution in [2.75, 3.05) is 11.9 Å². The maximum Gasteiger partial charge on any atom is 0.319 e. The van der Waals surface area contributed by atoms with Gasteiger partial charge in [0.05, 0.1) is 10.7 Å². The number of hydrogen-bond donors (Lipinski definition) is 3. The van der Waals surface area contributed by atoms with Gasteiger partial charge in [0.25, 0.3) is 0 Å². The van der Waals surface area contributed by atoms with E-state index in [4.69, 9.17) is 28.3 Å². The van der Waals surface area contributed by atoms with Crippen molar-refractivity contribution in [1.29, 1.82) is 0 Å². The lowest BCUT2D eigenvalue weighted by atomic mass is 9.85. The second kappa shape index (κ2) is 7.16. The van der Waals surface area contributed by atoms with Gasteiger partial charge in [-0.2, -0.15) is 0 Å². The summed E-state index contributed by atoms with van der Waals surface area (Å²) in [6, 6.07) is 4.33. The molecule has 0 aliphatic rings. The molecule has 20 heavy (non-hydrogen) atoms. The van der Waals surface area contributed by atoms with E-state index in [1.165, 1.54) is 0 Å². The van der Waals surface area contributed by atoms with Crippen LogP contribution in [0.3, 0.4) is 0 Å². The summed E-state index contributed by atoms with van der Waals surface area (Å²) in [7, 11) is 0. The quantitative estimate of drug-likeness (QED) is 0.788. The number of rotatable bonds is 4. The Bertz CT molecular complexity index is 473. The Morgan fingerprint density at radius 3 is 2.55 bits per heavy atom. The average Bonchev–Trinajstić information content (AvgIpc) is 2.32. The molecule has 2 amide bonds. The van der Waals surface area contributed by atoms with E-state index < -0.39 is 0 Å². The van der Waals surface area contributed by atoms with Crippen LogP contribution >= 0.6 is 23.2 Å². The van der Waals surface area contributed by atoms with Crippen LogP contribution in [0.1, 0.15) is 27.2 Å². The van der Waals surface area contributed by atoms with Gasteiger partial charge in [-0.25, -0.2) is 4.79 Å². The van der Waals surface area contributed by atoms with Crippen LogP contribution < -0.4 is 10.6 Å². The molecule has 0 unspecified atom stereocenters. The number of nitrogens with one attached hydrogen (secondary N) is 2. The van der Waals surface area contributed by atoms with E-state index in [-0.39, 0.29) is 24.1 Å². The number of carbonyl (C=O) groups excluding carboxylic acids is 1. The molecule has 0 aliphatic heterocycles. The van der Waals surface area contributed by atoms with Crippen molar-refractivity contribution < 1.29 is 9.90 Å². The van der Waals surface area contributed by atoms with Gasteiger partial charge in [0.15, 0.2) is 0 Å². The molecule has 4 nitrogen and oxygen atoms in total. The Morgan fingerprint density at radius 2 is 2.00 bits per heavy atom. The molecule has 1 rings (SSSR count). The number of halogens is 2. The highest BCUT2D eigenvalue weighted by molar-refractivity contribution is 6.35. The fraction of sp³-hybridized carbons (Fsp3) is 0.500. The first-order valence-electron chi connectivity index (χ1n) is 6.37. The molecule has 0 bridgehead atoms. The second-order valence-electron chi connectivity index (χ2n) is 5.65. The smallest absolute Gasteiger partial charge is 0.319 e. The third kappa shape index (κ3) is 5.19. The van der Waals surface area contributed by atoms with E-state index in [1.807, 2.05) is 20.8 Å². The Morgan fingerprint density at radius 1 is 1.35 bits per heavy atom. The molecule has 0 heterocycles. The lowest BCUT2D eigenvalue weighted by molar-refractivity contribution is 0.194. The molecule has 6 heteroatoms. The van der Waals surface area contributed by atoms with Gasteiger partial charge in [-0.3, -0.25) is 0 Å². The van der Waals surface area contributed by atoms with E-state index in [9.17, 15) is 4.79 Å². The molecule has 3 N–H and O–H groups in total. The number of anilines is 1. The molecular formula is C14H20Cl2N2O2. The summed E-state index contributed by atoms with van der Waals surface area (Å²) >= 11 is 11.9. The summed E-state index contributed by atoms with van der Waals surface area (Å²) in [6.07, 6.45) is 0.486. The molecule has 0 fully saturated rings. The second-order valence-corrected chi connectivity index (χ2v) is 6.50. The van der Waals surface area contributed by atoms with Crippen LogP contribution in [0.15, 0.2) is 18.2 Å². The molecule has 0 aliphatic carbocycles. The first kappa shape index (κ1) is 17.1. The van der Waals surface area contributed by atoms with Crippen LogP contribution in [0.25, 0.3) is 0 Å². The van der Waals surface area contributed by atoms with Gasteiger partial charge in [0, 0.05) is 17.7 Å². The minimum absolute atomic E-state index is 0.0140. The monoisotopic (exact) mass is 318 g/mol. The average molecular weight is 319 g/mol. The van der Waals surface area contributed by atoms with Gasteiger partial charge in [0.2, 0.25) is 0 Å². The number of aliphatic hydroxyl groups is 1. The lowest BCUT2D eigenvalue weighted by Gasteiger charge is -2.31. The summed E-state index contributed by atoms with van der Waals surface area (Å²) in [4.78, 5) is 12.0. The standard InChI is InChI=1S/C14H20Cl2N2O2/c1-14(2,3)12(6-7-19)18-13(20)17-11-8-9(15)4-5-10(11)16/h4-5,8,12,19H,6-7H2,1-3H3,(H2,17,18,20)/t12-/m1/s1. The van der Waals surface area contributed by atoms with Crippen LogP contribution in [0.2, 0.25) is 10.0 Å². The zero-order valence-corrected chi connectivity index (χ0v) is 13.3. The third-order valence-electron chi connectivity index (χ3n) is 2.95. The minimum atomic E-state index is -0.373. The molecule has 0 radical (unpaired) electrons. The van der Waals surface area contributed by atoms with Crippen molar-refractivity contribution in [3.05, 3.63) is 28.2 Å². The first-order valence-corrected chi connectivity index (χ1v) is 7.13. The normalized spacial score (nSPS) is 12.9. The molecule has 0 aromatic heterocycles. The molecule has 1 aromatic carbocycles. The topological polar surface area (TPSA) is 61.4 Å². The van der Waals surface area contributed by atoms with E-state index in [2.05, 4.69) is 10.6 Å². The summed E-state index contributed by atoms with van der Waals surface area (Å²) in [6.45, 7) is 6.01. The summed E-state index contributed by atoms with van der Waals surface area (Å²) in [5, 5.41) is 15.5. The number of carbonyl (C=O) groups is 1.